The zero-order valence-corrected chi connectivity index (χ0v) is 10.6. The van der Waals surface area contributed by atoms with Gasteiger partial charge in [-0.2, -0.15) is 0 Å². The lowest BCUT2D eigenvalue weighted by atomic mass is 10.3. The molecule has 0 amide bonds. The van der Waals surface area contributed by atoms with E-state index in [1.807, 2.05) is 20.8 Å². The van der Waals surface area contributed by atoms with Crippen LogP contribution >= 0.6 is 0 Å². The molecule has 0 aromatic rings. The third-order valence-electron chi connectivity index (χ3n) is 2.07. The first kappa shape index (κ1) is 14.9. The highest BCUT2D eigenvalue weighted by atomic mass is 16.6. The van der Waals surface area contributed by atoms with Crippen molar-refractivity contribution in [1.29, 1.82) is 0 Å². The van der Waals surface area contributed by atoms with Crippen LogP contribution in [0.3, 0.4) is 0 Å². The Bertz CT molecular complexity index is 128. The topological polar surface area (TPSA) is 27.7 Å². The molecule has 3 heteroatoms. The van der Waals surface area contributed by atoms with E-state index in [9.17, 15) is 0 Å². The van der Waals surface area contributed by atoms with E-state index < -0.39 is 0 Å². The minimum Gasteiger partial charge on any atom is -0.379 e. The molecule has 2 unspecified atom stereocenters. The highest BCUT2D eigenvalue weighted by Crippen LogP contribution is 1.99. The van der Waals surface area contributed by atoms with Gasteiger partial charge in [-0.25, -0.2) is 0 Å². The fraction of sp³-hybridized carbons (Fsp3) is 1.00. The smallest absolute Gasteiger partial charge is 0.0781 e. The number of hydrogen-bond acceptors (Lipinski definition) is 3. The van der Waals surface area contributed by atoms with Crippen molar-refractivity contribution in [3.05, 3.63) is 0 Å². The molecule has 0 radical (unpaired) electrons. The first-order valence-electron chi connectivity index (χ1n) is 6.01. The summed E-state index contributed by atoms with van der Waals surface area (Å²) in [4.78, 5) is 0. The van der Waals surface area contributed by atoms with Gasteiger partial charge in [0, 0.05) is 13.2 Å². The highest BCUT2D eigenvalue weighted by Gasteiger charge is 2.06. The molecule has 0 rings (SSSR count). The van der Waals surface area contributed by atoms with Crippen molar-refractivity contribution in [2.45, 2.75) is 52.7 Å². The average Bonchev–Trinajstić information content (AvgIpc) is 2.24. The molecule has 0 aliphatic rings. The van der Waals surface area contributed by atoms with Gasteiger partial charge in [-0.15, -0.1) is 0 Å². The van der Waals surface area contributed by atoms with E-state index in [2.05, 4.69) is 6.92 Å². The van der Waals surface area contributed by atoms with Gasteiger partial charge in [0.2, 0.25) is 0 Å². The summed E-state index contributed by atoms with van der Waals surface area (Å²) in [6.45, 7) is 11.1. The lowest BCUT2D eigenvalue weighted by Gasteiger charge is -2.17. The van der Waals surface area contributed by atoms with Crippen LogP contribution in [-0.4, -0.2) is 38.6 Å². The van der Waals surface area contributed by atoms with Crippen molar-refractivity contribution in [1.82, 2.24) is 0 Å². The van der Waals surface area contributed by atoms with Gasteiger partial charge in [-0.05, 0) is 27.2 Å². The zero-order chi connectivity index (χ0) is 11.5. The standard InChI is InChI=1S/C12H26O3/c1-5-7-8-14-12(4)10-15-11(3)9-13-6-2/h11-12H,5-10H2,1-4H3. The van der Waals surface area contributed by atoms with Crippen LogP contribution < -0.4 is 0 Å². The average molecular weight is 218 g/mol. The summed E-state index contributed by atoms with van der Waals surface area (Å²) in [7, 11) is 0. The molecule has 0 spiro atoms. The van der Waals surface area contributed by atoms with Gasteiger partial charge in [-0.3, -0.25) is 0 Å². The van der Waals surface area contributed by atoms with Gasteiger partial charge in [0.15, 0.2) is 0 Å². The molecule has 2 atom stereocenters. The minimum atomic E-state index is 0.155. The van der Waals surface area contributed by atoms with Crippen LogP contribution in [0.4, 0.5) is 0 Å². The third kappa shape index (κ3) is 10.2. The van der Waals surface area contributed by atoms with E-state index in [1.54, 1.807) is 0 Å². The van der Waals surface area contributed by atoms with Crippen LogP contribution in [-0.2, 0) is 14.2 Å². The second-order valence-electron chi connectivity index (χ2n) is 3.84. The van der Waals surface area contributed by atoms with Crippen molar-refractivity contribution in [3.8, 4) is 0 Å². The molecule has 92 valence electrons. The predicted octanol–water partition coefficient (Wildman–Crippen LogP) is 2.63. The monoisotopic (exact) mass is 218 g/mol. The molecule has 15 heavy (non-hydrogen) atoms. The maximum absolute atomic E-state index is 5.59. The molecule has 0 bridgehead atoms. The molecule has 0 N–H and O–H groups in total. The summed E-state index contributed by atoms with van der Waals surface area (Å²) in [5.74, 6) is 0. The van der Waals surface area contributed by atoms with Gasteiger partial charge < -0.3 is 14.2 Å². The van der Waals surface area contributed by atoms with Crippen molar-refractivity contribution >= 4 is 0 Å². The normalized spacial score (nSPS) is 15.2. The summed E-state index contributed by atoms with van der Waals surface area (Å²) in [6, 6.07) is 0. The van der Waals surface area contributed by atoms with Gasteiger partial charge in [-0.1, -0.05) is 13.3 Å². The largest absolute Gasteiger partial charge is 0.379 e. The van der Waals surface area contributed by atoms with Crippen molar-refractivity contribution in [2.75, 3.05) is 26.4 Å². The van der Waals surface area contributed by atoms with E-state index in [4.69, 9.17) is 14.2 Å². The lowest BCUT2D eigenvalue weighted by Crippen LogP contribution is -2.23. The first-order chi connectivity index (χ1) is 7.20. The maximum atomic E-state index is 5.59. The molecule has 0 aromatic carbocycles. The van der Waals surface area contributed by atoms with Gasteiger partial charge in [0.25, 0.3) is 0 Å². The van der Waals surface area contributed by atoms with Gasteiger partial charge >= 0.3 is 0 Å². The summed E-state index contributed by atoms with van der Waals surface area (Å²) in [6.07, 6.45) is 2.63. The molecular weight excluding hydrogens is 192 g/mol. The maximum Gasteiger partial charge on any atom is 0.0781 e. The Morgan fingerprint density at radius 3 is 2.20 bits per heavy atom. The van der Waals surface area contributed by atoms with Crippen LogP contribution in [0.1, 0.15) is 40.5 Å². The van der Waals surface area contributed by atoms with Crippen LogP contribution in [0.5, 0.6) is 0 Å². The van der Waals surface area contributed by atoms with Crippen LogP contribution in [0.25, 0.3) is 0 Å². The van der Waals surface area contributed by atoms with E-state index in [1.165, 1.54) is 6.42 Å². The number of rotatable bonds is 10. The predicted molar refractivity (Wildman–Crippen MR) is 62.2 cm³/mol. The summed E-state index contributed by atoms with van der Waals surface area (Å²) < 4.78 is 16.4. The minimum absolute atomic E-state index is 0.155. The second kappa shape index (κ2) is 10.4. The fourth-order valence-electron chi connectivity index (χ4n) is 1.11. The van der Waals surface area contributed by atoms with Crippen LogP contribution in [0, 0.1) is 0 Å². The Morgan fingerprint density at radius 1 is 0.933 bits per heavy atom. The Kier molecular flexibility index (Phi) is 10.3. The SMILES string of the molecule is CCCCOC(C)COC(C)COCC. The Morgan fingerprint density at radius 2 is 1.60 bits per heavy atom. The number of hydrogen-bond donors (Lipinski definition) is 0. The van der Waals surface area contributed by atoms with Crippen molar-refractivity contribution in [3.63, 3.8) is 0 Å². The molecule has 3 nitrogen and oxygen atoms in total. The van der Waals surface area contributed by atoms with Crippen LogP contribution in [0.2, 0.25) is 0 Å². The second-order valence-corrected chi connectivity index (χ2v) is 3.84. The summed E-state index contributed by atoms with van der Waals surface area (Å²) in [5.41, 5.74) is 0. The van der Waals surface area contributed by atoms with E-state index in [-0.39, 0.29) is 12.2 Å². The van der Waals surface area contributed by atoms with Gasteiger partial charge in [0.1, 0.15) is 0 Å². The molecular formula is C12H26O3. The Labute approximate surface area is 94.1 Å². The van der Waals surface area contributed by atoms with E-state index >= 15 is 0 Å². The molecule has 0 aliphatic carbocycles. The Hall–Kier alpha value is -0.120. The van der Waals surface area contributed by atoms with Crippen LogP contribution in [0.15, 0.2) is 0 Å². The first-order valence-corrected chi connectivity index (χ1v) is 6.01. The van der Waals surface area contributed by atoms with Crippen molar-refractivity contribution < 1.29 is 14.2 Å². The third-order valence-corrected chi connectivity index (χ3v) is 2.07. The molecule has 0 aliphatic heterocycles. The molecule has 0 saturated carbocycles. The van der Waals surface area contributed by atoms with Crippen molar-refractivity contribution in [2.24, 2.45) is 0 Å². The lowest BCUT2D eigenvalue weighted by molar-refractivity contribution is -0.0560. The zero-order valence-electron chi connectivity index (χ0n) is 10.6. The molecule has 0 heterocycles. The molecule has 0 saturated heterocycles. The molecule has 0 aromatic heterocycles. The van der Waals surface area contributed by atoms with Gasteiger partial charge in [0.05, 0.1) is 25.4 Å². The molecule has 0 fully saturated rings. The summed E-state index contributed by atoms with van der Waals surface area (Å²) in [5, 5.41) is 0. The summed E-state index contributed by atoms with van der Waals surface area (Å²) >= 11 is 0. The Balaban J connectivity index is 3.31. The fourth-order valence-corrected chi connectivity index (χ4v) is 1.11. The van der Waals surface area contributed by atoms with E-state index in [0.29, 0.717) is 13.2 Å². The number of unbranched alkanes of at least 4 members (excludes halogenated alkanes) is 1. The number of ether oxygens (including phenoxy) is 3. The quantitative estimate of drug-likeness (QED) is 0.528. The van der Waals surface area contributed by atoms with E-state index in [0.717, 1.165) is 19.6 Å². The highest BCUT2D eigenvalue weighted by molar-refractivity contribution is 4.52.